The van der Waals surface area contributed by atoms with Crippen molar-refractivity contribution in [3.8, 4) is 0 Å². The Kier molecular flexibility index (Phi) is 1.66. The van der Waals surface area contributed by atoms with Crippen LogP contribution in [0.3, 0.4) is 0 Å². The second-order valence-electron chi connectivity index (χ2n) is 3.85. The molecule has 1 N–H and O–H groups in total. The van der Waals surface area contributed by atoms with Crippen molar-refractivity contribution in [2.24, 2.45) is 0 Å². The van der Waals surface area contributed by atoms with Crippen molar-refractivity contribution < 1.29 is 9.47 Å². The van der Waals surface area contributed by atoms with E-state index in [9.17, 15) is 9.59 Å². The number of nitrogens with zero attached hydrogens (tertiary/aromatic N) is 1. The molecule has 15 heavy (non-hydrogen) atoms. The molecule has 1 aromatic rings. The molecule has 2 fully saturated rings. The predicted octanol–water partition coefficient (Wildman–Crippen LogP) is -0.511. The first-order chi connectivity index (χ1) is 7.15. The number of ether oxygens (including phenoxy) is 2. The molecule has 6 heteroatoms. The van der Waals surface area contributed by atoms with Crippen LogP contribution in [0.25, 0.3) is 0 Å². The number of H-pyrrole nitrogens is 1. The number of aryl methyl sites for hydroxylation is 1. The Morgan fingerprint density at radius 3 is 2.93 bits per heavy atom. The van der Waals surface area contributed by atoms with Gasteiger partial charge in [0.15, 0.2) is 6.29 Å². The quantitative estimate of drug-likeness (QED) is 0.633. The number of nitrogens with one attached hydrogen (secondary N) is 1. The van der Waals surface area contributed by atoms with Crippen LogP contribution < -0.4 is 11.2 Å². The summed E-state index contributed by atoms with van der Waals surface area (Å²) in [5.74, 6) is 0. The maximum atomic E-state index is 11.5. The molecule has 6 nitrogen and oxygen atoms in total. The van der Waals surface area contributed by atoms with Gasteiger partial charge in [0, 0.05) is 18.2 Å². The minimum Gasteiger partial charge on any atom is -0.341 e. The Bertz CT molecular complexity index is 508. The zero-order valence-electron chi connectivity index (χ0n) is 8.10. The molecule has 0 amide bonds. The van der Waals surface area contributed by atoms with Crippen LogP contribution in [0.1, 0.15) is 18.2 Å². The van der Waals surface area contributed by atoms with Crippen molar-refractivity contribution in [3.05, 3.63) is 32.6 Å². The second-order valence-corrected chi connectivity index (χ2v) is 3.85. The molecule has 3 atom stereocenters. The topological polar surface area (TPSA) is 76.6 Å². The van der Waals surface area contributed by atoms with Gasteiger partial charge in [0.05, 0.1) is 0 Å². The maximum absolute atomic E-state index is 11.5. The highest BCUT2D eigenvalue weighted by atomic mass is 16.8. The van der Waals surface area contributed by atoms with E-state index in [-0.39, 0.29) is 24.2 Å². The van der Waals surface area contributed by atoms with E-state index in [1.165, 1.54) is 10.8 Å². The summed E-state index contributed by atoms with van der Waals surface area (Å²) in [6.45, 7) is 1.65. The fourth-order valence-corrected chi connectivity index (χ4v) is 1.80. The Balaban J connectivity index is 2.01. The average molecular weight is 210 g/mol. The zero-order chi connectivity index (χ0) is 10.6. The van der Waals surface area contributed by atoms with E-state index in [2.05, 4.69) is 4.98 Å². The molecule has 2 saturated heterocycles. The fourth-order valence-electron chi connectivity index (χ4n) is 1.80. The monoisotopic (exact) mass is 210 g/mol. The Hall–Kier alpha value is -1.40. The first kappa shape index (κ1) is 8.87. The van der Waals surface area contributed by atoms with E-state index >= 15 is 0 Å². The minimum absolute atomic E-state index is 0.120. The van der Waals surface area contributed by atoms with Gasteiger partial charge in [-0.15, -0.1) is 0 Å². The molecule has 0 radical (unpaired) electrons. The molecule has 0 bridgehead atoms. The highest BCUT2D eigenvalue weighted by molar-refractivity contribution is 5.02. The third-order valence-electron chi connectivity index (χ3n) is 2.72. The summed E-state index contributed by atoms with van der Waals surface area (Å²) in [6, 6.07) is 0. The summed E-state index contributed by atoms with van der Waals surface area (Å²) in [4.78, 5) is 24.9. The number of hydrogen-bond donors (Lipinski definition) is 1. The predicted molar refractivity (Wildman–Crippen MR) is 49.5 cm³/mol. The molecule has 0 aliphatic carbocycles. The van der Waals surface area contributed by atoms with Crippen LogP contribution in [0, 0.1) is 6.92 Å². The first-order valence-electron chi connectivity index (χ1n) is 4.78. The van der Waals surface area contributed by atoms with Crippen molar-refractivity contribution in [2.45, 2.75) is 32.0 Å². The van der Waals surface area contributed by atoms with Gasteiger partial charge in [-0.25, -0.2) is 4.79 Å². The number of hydrogen-bond acceptors (Lipinski definition) is 4. The standard InChI is InChI=1S/C9H10N2O4/c1-4-3-11(9(13)10-7(4)12)6-2-5-8(14-5)15-6/h3,5-6,8H,2H2,1H3,(H,10,12,13)/t5-,6+,8+/m0/s1. The van der Waals surface area contributed by atoms with Crippen LogP contribution in [0.2, 0.25) is 0 Å². The van der Waals surface area contributed by atoms with Crippen molar-refractivity contribution in [1.82, 2.24) is 9.55 Å². The number of aromatic nitrogens is 2. The van der Waals surface area contributed by atoms with E-state index < -0.39 is 5.69 Å². The lowest BCUT2D eigenvalue weighted by Crippen LogP contribution is -2.33. The molecular formula is C9H10N2O4. The van der Waals surface area contributed by atoms with E-state index in [1.807, 2.05) is 0 Å². The largest absolute Gasteiger partial charge is 0.341 e. The number of aromatic amines is 1. The highest BCUT2D eigenvalue weighted by Crippen LogP contribution is 2.41. The summed E-state index contributed by atoms with van der Waals surface area (Å²) in [5, 5.41) is 0. The molecule has 0 unspecified atom stereocenters. The second kappa shape index (κ2) is 2.80. The summed E-state index contributed by atoms with van der Waals surface area (Å²) in [6.07, 6.45) is 1.84. The van der Waals surface area contributed by atoms with Gasteiger partial charge in [-0.1, -0.05) is 0 Å². The molecule has 0 saturated carbocycles. The number of rotatable bonds is 1. The molecule has 1 aromatic heterocycles. The van der Waals surface area contributed by atoms with Gasteiger partial charge in [0.25, 0.3) is 5.56 Å². The van der Waals surface area contributed by atoms with Crippen LogP contribution in [-0.2, 0) is 9.47 Å². The highest BCUT2D eigenvalue weighted by Gasteiger charge is 2.50. The third-order valence-corrected chi connectivity index (χ3v) is 2.72. The van der Waals surface area contributed by atoms with Gasteiger partial charge in [-0.3, -0.25) is 14.3 Å². The number of fused-ring (bicyclic) bond motifs is 1. The average Bonchev–Trinajstić information content (AvgIpc) is 2.80. The smallest absolute Gasteiger partial charge is 0.330 e. The lowest BCUT2D eigenvalue weighted by atomic mass is 10.3. The molecule has 3 rings (SSSR count). The minimum atomic E-state index is -0.433. The van der Waals surface area contributed by atoms with Crippen LogP contribution in [0.5, 0.6) is 0 Å². The summed E-state index contributed by atoms with van der Waals surface area (Å²) in [5.41, 5.74) is -0.285. The van der Waals surface area contributed by atoms with E-state index in [4.69, 9.17) is 9.47 Å². The van der Waals surface area contributed by atoms with Gasteiger partial charge in [0.2, 0.25) is 0 Å². The third kappa shape index (κ3) is 1.33. The molecular weight excluding hydrogens is 200 g/mol. The van der Waals surface area contributed by atoms with Crippen LogP contribution in [-0.4, -0.2) is 21.9 Å². The van der Waals surface area contributed by atoms with E-state index in [1.54, 1.807) is 6.92 Å². The molecule has 2 aliphatic rings. The lowest BCUT2D eigenvalue weighted by Gasteiger charge is -2.14. The van der Waals surface area contributed by atoms with Crippen molar-refractivity contribution >= 4 is 0 Å². The van der Waals surface area contributed by atoms with Gasteiger partial charge in [-0.2, -0.15) is 0 Å². The number of epoxide rings is 1. The summed E-state index contributed by atoms with van der Waals surface area (Å²) >= 11 is 0. The van der Waals surface area contributed by atoms with Crippen molar-refractivity contribution in [3.63, 3.8) is 0 Å². The Morgan fingerprint density at radius 1 is 1.47 bits per heavy atom. The van der Waals surface area contributed by atoms with Crippen LogP contribution in [0.15, 0.2) is 15.8 Å². The molecule has 0 aromatic carbocycles. The van der Waals surface area contributed by atoms with Crippen LogP contribution >= 0.6 is 0 Å². The van der Waals surface area contributed by atoms with E-state index in [0.717, 1.165) is 0 Å². The SMILES string of the molecule is Cc1cn([C@H]2C[C@@H]3O[C@@H]3O2)c(=O)[nH]c1=O. The summed E-state index contributed by atoms with van der Waals surface area (Å²) < 4.78 is 11.9. The lowest BCUT2D eigenvalue weighted by molar-refractivity contribution is -0.0519. The van der Waals surface area contributed by atoms with E-state index in [0.29, 0.717) is 12.0 Å². The van der Waals surface area contributed by atoms with Crippen LogP contribution in [0.4, 0.5) is 0 Å². The van der Waals surface area contributed by atoms with Crippen molar-refractivity contribution in [1.29, 1.82) is 0 Å². The Morgan fingerprint density at radius 2 is 2.27 bits per heavy atom. The fraction of sp³-hybridized carbons (Fsp3) is 0.556. The Labute approximate surface area is 84.4 Å². The first-order valence-corrected chi connectivity index (χ1v) is 4.78. The van der Waals surface area contributed by atoms with Gasteiger partial charge in [0.1, 0.15) is 12.3 Å². The van der Waals surface area contributed by atoms with Gasteiger partial charge < -0.3 is 9.47 Å². The normalized spacial score (nSPS) is 32.7. The van der Waals surface area contributed by atoms with Gasteiger partial charge >= 0.3 is 5.69 Å². The van der Waals surface area contributed by atoms with Crippen molar-refractivity contribution in [2.75, 3.05) is 0 Å². The maximum Gasteiger partial charge on any atom is 0.330 e. The summed E-state index contributed by atoms with van der Waals surface area (Å²) in [7, 11) is 0. The molecule has 3 heterocycles. The molecule has 80 valence electrons. The molecule has 0 spiro atoms. The zero-order valence-corrected chi connectivity index (χ0v) is 8.10. The van der Waals surface area contributed by atoms with Gasteiger partial charge in [-0.05, 0) is 6.92 Å². The molecule has 2 aliphatic heterocycles.